The lowest BCUT2D eigenvalue weighted by molar-refractivity contribution is 0.268. The van der Waals surface area contributed by atoms with Crippen LogP contribution in [0.3, 0.4) is 0 Å². The molecule has 0 bridgehead atoms. The third-order valence-electron chi connectivity index (χ3n) is 3.18. The van der Waals surface area contributed by atoms with Crippen LogP contribution in [-0.2, 0) is 0 Å². The maximum atomic E-state index is 5.98. The van der Waals surface area contributed by atoms with Crippen LogP contribution in [0.2, 0.25) is 5.15 Å². The Labute approximate surface area is 108 Å². The second-order valence-electron chi connectivity index (χ2n) is 4.22. The van der Waals surface area contributed by atoms with Gasteiger partial charge >= 0.3 is 0 Å². The molecule has 3 heterocycles. The fourth-order valence-electron chi connectivity index (χ4n) is 2.45. The summed E-state index contributed by atoms with van der Waals surface area (Å²) in [6.45, 7) is 7.88. The molecular formula is C13H19ClN2O. The Balaban J connectivity index is 0.000000514. The SMILES string of the molecule is CC.Cc1cc(Cl)nc2c1OCC1CCCN21. The molecule has 3 nitrogen and oxygen atoms in total. The largest absolute Gasteiger partial charge is 0.487 e. The predicted molar refractivity (Wildman–Crippen MR) is 71.2 cm³/mol. The molecule has 2 aliphatic rings. The predicted octanol–water partition coefficient (Wildman–Crippen LogP) is 3.43. The molecule has 1 unspecified atom stereocenters. The van der Waals surface area contributed by atoms with E-state index < -0.39 is 0 Å². The quantitative estimate of drug-likeness (QED) is 0.664. The molecule has 0 radical (unpaired) electrons. The first-order chi connectivity index (χ1) is 8.25. The maximum Gasteiger partial charge on any atom is 0.173 e. The van der Waals surface area contributed by atoms with E-state index in [2.05, 4.69) is 9.88 Å². The summed E-state index contributed by atoms with van der Waals surface area (Å²) in [5, 5.41) is 0.558. The third-order valence-corrected chi connectivity index (χ3v) is 3.37. The minimum Gasteiger partial charge on any atom is -0.487 e. The minimum absolute atomic E-state index is 0.503. The van der Waals surface area contributed by atoms with Crippen molar-refractivity contribution in [2.24, 2.45) is 0 Å². The van der Waals surface area contributed by atoms with E-state index in [4.69, 9.17) is 16.3 Å². The Morgan fingerprint density at radius 3 is 3.00 bits per heavy atom. The lowest BCUT2D eigenvalue weighted by Gasteiger charge is -2.33. The van der Waals surface area contributed by atoms with Crippen molar-refractivity contribution in [3.8, 4) is 5.75 Å². The van der Waals surface area contributed by atoms with E-state index in [9.17, 15) is 0 Å². The highest BCUT2D eigenvalue weighted by Gasteiger charge is 2.33. The molecule has 0 saturated carbocycles. The van der Waals surface area contributed by atoms with Crippen molar-refractivity contribution >= 4 is 17.4 Å². The van der Waals surface area contributed by atoms with E-state index in [0.717, 1.165) is 30.3 Å². The highest BCUT2D eigenvalue weighted by atomic mass is 35.5. The summed E-state index contributed by atoms with van der Waals surface area (Å²) >= 11 is 5.98. The van der Waals surface area contributed by atoms with Crippen molar-refractivity contribution in [3.05, 3.63) is 16.8 Å². The first-order valence-electron chi connectivity index (χ1n) is 6.32. The normalized spacial score (nSPS) is 20.9. The van der Waals surface area contributed by atoms with Gasteiger partial charge in [-0.05, 0) is 31.4 Å². The van der Waals surface area contributed by atoms with Gasteiger partial charge in [-0.2, -0.15) is 0 Å². The molecule has 1 aromatic rings. The molecule has 1 aromatic heterocycles. The number of pyridine rings is 1. The average Bonchev–Trinajstić information content (AvgIpc) is 2.80. The van der Waals surface area contributed by atoms with Crippen LogP contribution in [0.25, 0.3) is 0 Å². The van der Waals surface area contributed by atoms with Gasteiger partial charge in [0.2, 0.25) is 0 Å². The molecule has 0 amide bonds. The Hall–Kier alpha value is -0.960. The number of ether oxygens (including phenoxy) is 1. The first kappa shape index (κ1) is 12.5. The fraction of sp³-hybridized carbons (Fsp3) is 0.615. The van der Waals surface area contributed by atoms with E-state index in [1.165, 1.54) is 12.8 Å². The van der Waals surface area contributed by atoms with Crippen molar-refractivity contribution in [2.45, 2.75) is 39.7 Å². The smallest absolute Gasteiger partial charge is 0.173 e. The molecule has 0 aromatic carbocycles. The zero-order valence-corrected chi connectivity index (χ0v) is 11.4. The van der Waals surface area contributed by atoms with Gasteiger partial charge < -0.3 is 9.64 Å². The van der Waals surface area contributed by atoms with Crippen LogP contribution in [0.1, 0.15) is 32.3 Å². The summed E-state index contributed by atoms with van der Waals surface area (Å²) < 4.78 is 5.76. The van der Waals surface area contributed by atoms with E-state index in [0.29, 0.717) is 11.2 Å². The summed E-state index contributed by atoms with van der Waals surface area (Å²) in [6.07, 6.45) is 2.42. The second-order valence-corrected chi connectivity index (χ2v) is 4.60. The van der Waals surface area contributed by atoms with Crippen molar-refractivity contribution in [3.63, 3.8) is 0 Å². The number of fused-ring (bicyclic) bond motifs is 3. The van der Waals surface area contributed by atoms with Crippen LogP contribution < -0.4 is 9.64 Å². The number of rotatable bonds is 0. The number of hydrogen-bond donors (Lipinski definition) is 0. The molecule has 0 spiro atoms. The zero-order chi connectivity index (χ0) is 12.4. The molecule has 0 aliphatic carbocycles. The highest BCUT2D eigenvalue weighted by molar-refractivity contribution is 6.29. The molecule has 1 atom stereocenters. The standard InChI is InChI=1S/C11H13ClN2O.C2H6/c1-7-5-9(12)13-11-10(7)15-6-8-3-2-4-14(8)11;1-2/h5,8H,2-4,6H2,1H3;1-2H3. The molecule has 17 heavy (non-hydrogen) atoms. The fourth-order valence-corrected chi connectivity index (χ4v) is 2.69. The molecule has 3 rings (SSSR count). The van der Waals surface area contributed by atoms with Gasteiger partial charge in [0.25, 0.3) is 0 Å². The van der Waals surface area contributed by atoms with Crippen LogP contribution in [0.15, 0.2) is 6.07 Å². The number of aromatic nitrogens is 1. The van der Waals surface area contributed by atoms with E-state index >= 15 is 0 Å². The van der Waals surface area contributed by atoms with E-state index in [-0.39, 0.29) is 0 Å². The topological polar surface area (TPSA) is 25.4 Å². The minimum atomic E-state index is 0.503. The zero-order valence-electron chi connectivity index (χ0n) is 10.7. The summed E-state index contributed by atoms with van der Waals surface area (Å²) in [7, 11) is 0. The van der Waals surface area contributed by atoms with Crippen LogP contribution in [0.5, 0.6) is 5.75 Å². The molecule has 1 fully saturated rings. The molecular weight excluding hydrogens is 236 g/mol. The number of anilines is 1. The molecule has 1 saturated heterocycles. The number of halogens is 1. The van der Waals surface area contributed by atoms with Crippen LogP contribution in [0.4, 0.5) is 5.82 Å². The monoisotopic (exact) mass is 254 g/mol. The number of aryl methyl sites for hydroxylation is 1. The first-order valence-corrected chi connectivity index (χ1v) is 6.70. The maximum absolute atomic E-state index is 5.98. The van der Waals surface area contributed by atoms with Gasteiger partial charge in [-0.1, -0.05) is 25.4 Å². The molecule has 2 aliphatic heterocycles. The number of hydrogen-bond acceptors (Lipinski definition) is 3. The second kappa shape index (κ2) is 5.13. The summed E-state index contributed by atoms with van der Waals surface area (Å²) in [5.74, 6) is 1.85. The molecule has 4 heteroatoms. The highest BCUT2D eigenvalue weighted by Crippen LogP contribution is 2.39. The summed E-state index contributed by atoms with van der Waals surface area (Å²) in [4.78, 5) is 6.71. The Bertz CT molecular complexity index is 409. The van der Waals surface area contributed by atoms with Crippen LogP contribution in [0, 0.1) is 6.92 Å². The van der Waals surface area contributed by atoms with E-state index in [1.807, 2.05) is 26.8 Å². The lowest BCUT2D eigenvalue weighted by atomic mass is 10.2. The van der Waals surface area contributed by atoms with Crippen molar-refractivity contribution in [1.82, 2.24) is 4.98 Å². The van der Waals surface area contributed by atoms with E-state index in [1.54, 1.807) is 0 Å². The Morgan fingerprint density at radius 1 is 1.47 bits per heavy atom. The van der Waals surface area contributed by atoms with Crippen LogP contribution >= 0.6 is 11.6 Å². The summed E-state index contributed by atoms with van der Waals surface area (Å²) in [6, 6.07) is 2.36. The van der Waals surface area contributed by atoms with Gasteiger partial charge in [0.15, 0.2) is 11.6 Å². The molecule has 0 N–H and O–H groups in total. The van der Waals surface area contributed by atoms with Crippen molar-refractivity contribution < 1.29 is 4.74 Å². The number of nitrogens with zero attached hydrogens (tertiary/aromatic N) is 2. The Kier molecular flexibility index (Phi) is 3.77. The average molecular weight is 255 g/mol. The Morgan fingerprint density at radius 2 is 2.24 bits per heavy atom. The lowest BCUT2D eigenvalue weighted by Crippen LogP contribution is -2.39. The summed E-state index contributed by atoms with van der Waals surface area (Å²) in [5.41, 5.74) is 1.08. The van der Waals surface area contributed by atoms with Gasteiger partial charge in [-0.15, -0.1) is 0 Å². The van der Waals surface area contributed by atoms with Gasteiger partial charge in [-0.3, -0.25) is 0 Å². The van der Waals surface area contributed by atoms with Crippen molar-refractivity contribution in [2.75, 3.05) is 18.1 Å². The van der Waals surface area contributed by atoms with Gasteiger partial charge in [0.05, 0.1) is 6.04 Å². The van der Waals surface area contributed by atoms with Crippen LogP contribution in [-0.4, -0.2) is 24.2 Å². The third kappa shape index (κ3) is 2.21. The van der Waals surface area contributed by atoms with Gasteiger partial charge in [0.1, 0.15) is 11.8 Å². The van der Waals surface area contributed by atoms with Gasteiger partial charge in [-0.25, -0.2) is 4.98 Å². The van der Waals surface area contributed by atoms with Gasteiger partial charge in [0, 0.05) is 6.54 Å². The van der Waals surface area contributed by atoms with Crippen molar-refractivity contribution in [1.29, 1.82) is 0 Å². The molecule has 94 valence electrons.